The van der Waals surface area contributed by atoms with Crippen molar-refractivity contribution >= 4 is 17.8 Å². The highest BCUT2D eigenvalue weighted by Gasteiger charge is 2.32. The average molecular weight is 553 g/mol. The van der Waals surface area contributed by atoms with E-state index in [0.29, 0.717) is 25.7 Å². The molecule has 2 aromatic carbocycles. The van der Waals surface area contributed by atoms with Crippen molar-refractivity contribution in [2.45, 2.75) is 65.0 Å². The molecule has 2 aromatic rings. The van der Waals surface area contributed by atoms with Crippen molar-refractivity contribution in [1.29, 1.82) is 0 Å². The highest BCUT2D eigenvalue weighted by molar-refractivity contribution is 5.86. The lowest BCUT2D eigenvalue weighted by Crippen LogP contribution is -2.50. The predicted octanol–water partition coefficient (Wildman–Crippen LogP) is 4.13. The van der Waals surface area contributed by atoms with Gasteiger partial charge in [-0.2, -0.15) is 0 Å². The number of hydrogen-bond donors (Lipinski definition) is 3. The Morgan fingerprint density at radius 2 is 1.68 bits per heavy atom. The number of allylic oxidation sites excluding steroid dienone is 2. The lowest BCUT2D eigenvalue weighted by Gasteiger charge is -2.33. The number of benzene rings is 2. The first-order chi connectivity index (χ1) is 19.0. The molecule has 1 aliphatic rings. The second kappa shape index (κ2) is 14.7. The molecule has 0 saturated heterocycles. The summed E-state index contributed by atoms with van der Waals surface area (Å²) < 4.78 is 19.0. The smallest absolute Gasteiger partial charge is 0.309 e. The van der Waals surface area contributed by atoms with Gasteiger partial charge in [0.1, 0.15) is 12.4 Å². The molecule has 0 aliphatic carbocycles. The van der Waals surface area contributed by atoms with Gasteiger partial charge in [0.05, 0.1) is 30.5 Å². The molecule has 1 heterocycles. The van der Waals surface area contributed by atoms with Crippen molar-refractivity contribution in [2.24, 2.45) is 17.3 Å². The fourth-order valence-electron chi connectivity index (χ4n) is 4.62. The van der Waals surface area contributed by atoms with E-state index in [0.717, 1.165) is 11.1 Å². The Morgan fingerprint density at radius 3 is 2.30 bits per heavy atom. The highest BCUT2D eigenvalue weighted by Crippen LogP contribution is 2.24. The number of carbonyl (C=O) groups is 3. The molecule has 0 fully saturated rings. The zero-order valence-corrected chi connectivity index (χ0v) is 23.6. The van der Waals surface area contributed by atoms with E-state index in [2.05, 4.69) is 10.6 Å². The van der Waals surface area contributed by atoms with Gasteiger partial charge in [-0.3, -0.25) is 14.4 Å². The Bertz CT molecular complexity index is 1140. The molecule has 0 saturated carbocycles. The molecule has 3 rings (SSSR count). The van der Waals surface area contributed by atoms with Gasteiger partial charge in [0.2, 0.25) is 11.8 Å². The van der Waals surface area contributed by atoms with Gasteiger partial charge in [0.25, 0.3) is 0 Å². The van der Waals surface area contributed by atoms with E-state index in [-0.39, 0.29) is 43.2 Å². The molecule has 216 valence electrons. The Balaban J connectivity index is 1.73. The zero-order valence-electron chi connectivity index (χ0n) is 23.6. The van der Waals surface area contributed by atoms with Gasteiger partial charge >= 0.3 is 5.97 Å². The molecule has 0 bridgehead atoms. The zero-order chi connectivity index (χ0) is 29.1. The SMILES string of the molecule is CC(C)(C)[C@H]1COC(=O)[C@@H](Cc2ccc(F)cc2)C/C=C\C[C@@H](CC(=O)N[C@@H](CO)Cc2ccccc2)C(=O)N1. The van der Waals surface area contributed by atoms with Crippen LogP contribution in [0.4, 0.5) is 4.39 Å². The van der Waals surface area contributed by atoms with Gasteiger partial charge in [-0.1, -0.05) is 75.4 Å². The Hall–Kier alpha value is -3.52. The van der Waals surface area contributed by atoms with Crippen LogP contribution in [0.3, 0.4) is 0 Å². The van der Waals surface area contributed by atoms with Gasteiger partial charge in [0, 0.05) is 6.42 Å². The molecule has 8 heteroatoms. The Labute approximate surface area is 236 Å². The van der Waals surface area contributed by atoms with Crippen LogP contribution in [-0.2, 0) is 32.0 Å². The molecule has 4 atom stereocenters. The first-order valence-electron chi connectivity index (χ1n) is 13.9. The molecule has 3 N–H and O–H groups in total. The van der Waals surface area contributed by atoms with Crippen molar-refractivity contribution < 1.29 is 28.6 Å². The number of aliphatic hydroxyl groups excluding tert-OH is 1. The van der Waals surface area contributed by atoms with E-state index >= 15 is 0 Å². The summed E-state index contributed by atoms with van der Waals surface area (Å²) in [6.45, 7) is 5.63. The van der Waals surface area contributed by atoms with Crippen LogP contribution in [0.5, 0.6) is 0 Å². The van der Waals surface area contributed by atoms with E-state index in [1.807, 2.05) is 63.3 Å². The highest BCUT2D eigenvalue weighted by atomic mass is 19.1. The van der Waals surface area contributed by atoms with Crippen LogP contribution in [0, 0.1) is 23.1 Å². The van der Waals surface area contributed by atoms with Crippen LogP contribution >= 0.6 is 0 Å². The number of esters is 1. The standard InChI is InChI=1S/C32H41FN2O5/c1-32(2,3)28-21-40-31(39)25(17-23-13-15-26(33)16-14-23)12-8-7-11-24(30(38)35-28)19-29(37)34-27(20-36)18-22-9-5-4-6-10-22/h4-10,13-16,24-25,27-28,36H,11-12,17-21H2,1-3H3,(H,34,37)(H,35,38)/b8-7-/t24-,25+,27+,28+/m0/s1. The van der Waals surface area contributed by atoms with Crippen LogP contribution in [0.2, 0.25) is 0 Å². The van der Waals surface area contributed by atoms with Gasteiger partial charge in [0.15, 0.2) is 0 Å². The molecule has 0 radical (unpaired) electrons. The van der Waals surface area contributed by atoms with E-state index in [9.17, 15) is 23.9 Å². The molecule has 40 heavy (non-hydrogen) atoms. The summed E-state index contributed by atoms with van der Waals surface area (Å²) in [6.07, 6.45) is 5.19. The lowest BCUT2D eigenvalue weighted by molar-refractivity contribution is -0.151. The number of amides is 2. The van der Waals surface area contributed by atoms with Crippen LogP contribution in [0.15, 0.2) is 66.7 Å². The Kier molecular flexibility index (Phi) is 11.4. The monoisotopic (exact) mass is 552 g/mol. The minimum absolute atomic E-state index is 0.000282. The normalized spacial score (nSPS) is 22.2. The molecule has 2 amide bonds. The van der Waals surface area contributed by atoms with Crippen LogP contribution in [0.1, 0.15) is 51.2 Å². The number of rotatable bonds is 8. The maximum Gasteiger partial charge on any atom is 0.309 e. The maximum absolute atomic E-state index is 13.4. The topological polar surface area (TPSA) is 105 Å². The number of halogens is 1. The summed E-state index contributed by atoms with van der Waals surface area (Å²) in [5, 5.41) is 15.7. The van der Waals surface area contributed by atoms with Crippen molar-refractivity contribution in [3.8, 4) is 0 Å². The number of nitrogens with one attached hydrogen (secondary N) is 2. The first-order valence-corrected chi connectivity index (χ1v) is 13.9. The largest absolute Gasteiger partial charge is 0.463 e. The molecule has 0 aromatic heterocycles. The molecular weight excluding hydrogens is 511 g/mol. The van der Waals surface area contributed by atoms with E-state index in [1.165, 1.54) is 12.1 Å². The van der Waals surface area contributed by atoms with E-state index < -0.39 is 29.3 Å². The molecule has 0 unspecified atom stereocenters. The number of cyclic esters (lactones) is 1. The summed E-state index contributed by atoms with van der Waals surface area (Å²) >= 11 is 0. The third-order valence-electron chi connectivity index (χ3n) is 7.20. The second-order valence-corrected chi connectivity index (χ2v) is 11.6. The van der Waals surface area contributed by atoms with E-state index in [4.69, 9.17) is 4.74 Å². The number of carbonyl (C=O) groups excluding carboxylic acids is 3. The quantitative estimate of drug-likeness (QED) is 0.337. The lowest BCUT2D eigenvalue weighted by atomic mass is 9.86. The summed E-state index contributed by atoms with van der Waals surface area (Å²) in [4.78, 5) is 39.3. The summed E-state index contributed by atoms with van der Waals surface area (Å²) in [6, 6.07) is 14.7. The van der Waals surface area contributed by atoms with Crippen molar-refractivity contribution in [3.05, 3.63) is 83.7 Å². The van der Waals surface area contributed by atoms with Gasteiger partial charge < -0.3 is 20.5 Å². The summed E-state index contributed by atoms with van der Waals surface area (Å²) in [5.74, 6) is -2.42. The maximum atomic E-state index is 13.4. The van der Waals surface area contributed by atoms with Crippen LogP contribution in [0.25, 0.3) is 0 Å². The average Bonchev–Trinajstić information content (AvgIpc) is 2.91. The fourth-order valence-corrected chi connectivity index (χ4v) is 4.62. The van der Waals surface area contributed by atoms with Crippen molar-refractivity contribution in [2.75, 3.05) is 13.2 Å². The fraction of sp³-hybridized carbons (Fsp3) is 0.469. The first kappa shape index (κ1) is 31.0. The summed E-state index contributed by atoms with van der Waals surface area (Å²) in [5.41, 5.74) is 1.41. The molecule has 7 nitrogen and oxygen atoms in total. The van der Waals surface area contributed by atoms with Crippen molar-refractivity contribution in [3.63, 3.8) is 0 Å². The number of ether oxygens (including phenoxy) is 1. The minimum Gasteiger partial charge on any atom is -0.463 e. The Morgan fingerprint density at radius 1 is 1.02 bits per heavy atom. The van der Waals surface area contributed by atoms with Gasteiger partial charge in [-0.15, -0.1) is 0 Å². The second-order valence-electron chi connectivity index (χ2n) is 11.6. The molecule has 0 spiro atoms. The third-order valence-corrected chi connectivity index (χ3v) is 7.20. The number of hydrogen-bond acceptors (Lipinski definition) is 5. The van der Waals surface area contributed by atoms with Crippen LogP contribution < -0.4 is 10.6 Å². The van der Waals surface area contributed by atoms with Gasteiger partial charge in [-0.05, 0) is 54.4 Å². The third kappa shape index (κ3) is 9.90. The van der Waals surface area contributed by atoms with Gasteiger partial charge in [-0.25, -0.2) is 4.39 Å². The predicted molar refractivity (Wildman–Crippen MR) is 152 cm³/mol. The summed E-state index contributed by atoms with van der Waals surface area (Å²) in [7, 11) is 0. The molecular formula is C32H41FN2O5. The minimum atomic E-state index is -0.636. The van der Waals surface area contributed by atoms with Crippen LogP contribution in [-0.4, -0.2) is 48.2 Å². The number of aliphatic hydroxyl groups is 1. The van der Waals surface area contributed by atoms with E-state index in [1.54, 1.807) is 12.1 Å². The molecule has 1 aliphatic heterocycles. The van der Waals surface area contributed by atoms with Crippen molar-refractivity contribution in [1.82, 2.24) is 10.6 Å².